The molecule has 1 unspecified atom stereocenters. The zero-order valence-corrected chi connectivity index (χ0v) is 85.6. The van der Waals surface area contributed by atoms with Gasteiger partial charge in [0.1, 0.15) is 0 Å². The SMILES string of the molecule is CC(C)(C)c1cc(-c2cc(-c3cc(C(C)(C)C)cc(C(C)(C)C)c3)cc(N(C3=CC(C4CCCCC4)CC(C4CCCCC4)=C3)c3c4cc(-c5ccccc5)ccc4c(N(c4cc(-c5cc(C(C)(C)C)cc(C(C)(C)C)c5)cc(-c5cc(C(C)(C)C)cc(C(C)(C)C)c5)c4)c4cc(C5CCCCC5)cc(C5CCCCC5)c4)c4cc(-c5ccccc5)ccc34)c2)cc(C(C)(C)C)c1. The molecule has 0 bridgehead atoms. The van der Waals surface area contributed by atoms with Gasteiger partial charge in [0, 0.05) is 44.3 Å². The van der Waals surface area contributed by atoms with E-state index in [-0.39, 0.29) is 43.3 Å². The molecule has 0 N–H and O–H groups in total. The van der Waals surface area contributed by atoms with Gasteiger partial charge in [0.25, 0.3) is 0 Å². The highest BCUT2D eigenvalue weighted by molar-refractivity contribution is 6.24. The van der Waals surface area contributed by atoms with Gasteiger partial charge < -0.3 is 9.80 Å². The Morgan fingerprint density at radius 1 is 0.220 bits per heavy atom. The van der Waals surface area contributed by atoms with Crippen LogP contribution in [0.25, 0.3) is 88.3 Å². The number of hydrogen-bond acceptors (Lipinski definition) is 2. The topological polar surface area (TPSA) is 6.48 Å². The average Bonchev–Trinajstić information content (AvgIpc) is 0.708. The Balaban J connectivity index is 1.10. The van der Waals surface area contributed by atoms with E-state index in [1.807, 2.05) is 0 Å². The molecule has 12 aromatic rings. The minimum Gasteiger partial charge on any atom is -0.310 e. The van der Waals surface area contributed by atoms with E-state index in [1.165, 1.54) is 306 Å². The van der Waals surface area contributed by atoms with Crippen LogP contribution in [0.4, 0.5) is 28.4 Å². The zero-order valence-electron chi connectivity index (χ0n) is 85.6. The van der Waals surface area contributed by atoms with Crippen LogP contribution < -0.4 is 9.80 Å². The number of rotatable bonds is 16. The zero-order chi connectivity index (χ0) is 93.5. The Hall–Kier alpha value is -9.76. The second kappa shape index (κ2) is 36.8. The predicted molar refractivity (Wildman–Crippen MR) is 576 cm³/mol. The highest BCUT2D eigenvalue weighted by atomic mass is 15.2. The molecular formula is C130H158N2. The third-order valence-corrected chi connectivity index (χ3v) is 31.3. The number of hydrogen-bond donors (Lipinski definition) is 0. The van der Waals surface area contributed by atoms with E-state index in [1.54, 1.807) is 5.57 Å². The van der Waals surface area contributed by atoms with Gasteiger partial charge in [0.05, 0.1) is 11.4 Å². The molecule has 0 saturated heterocycles. The van der Waals surface area contributed by atoms with E-state index >= 15 is 0 Å². The molecule has 0 amide bonds. The lowest BCUT2D eigenvalue weighted by Crippen LogP contribution is -2.26. The maximum absolute atomic E-state index is 2.92. The molecule has 2 nitrogen and oxygen atoms in total. The van der Waals surface area contributed by atoms with Crippen LogP contribution in [0.2, 0.25) is 0 Å². The molecule has 12 aromatic carbocycles. The van der Waals surface area contributed by atoms with Gasteiger partial charge in [0.2, 0.25) is 0 Å². The first-order chi connectivity index (χ1) is 62.4. The fourth-order valence-corrected chi connectivity index (χ4v) is 22.6. The first-order valence-electron chi connectivity index (χ1n) is 51.7. The summed E-state index contributed by atoms with van der Waals surface area (Å²) in [4.78, 5) is 5.81. The van der Waals surface area contributed by atoms with Crippen molar-refractivity contribution in [2.45, 2.75) is 356 Å². The molecule has 688 valence electrons. The first kappa shape index (κ1) is 94.0. The molecule has 1 atom stereocenters. The fourth-order valence-electron chi connectivity index (χ4n) is 22.6. The first-order valence-corrected chi connectivity index (χ1v) is 51.7. The Bertz CT molecular complexity index is 5910. The highest BCUT2D eigenvalue weighted by Crippen LogP contribution is 2.58. The third-order valence-electron chi connectivity index (χ3n) is 31.3. The van der Waals surface area contributed by atoms with Crippen molar-refractivity contribution in [3.8, 4) is 66.8 Å². The Morgan fingerprint density at radius 3 is 0.818 bits per heavy atom. The average molecular weight is 1750 g/mol. The molecule has 0 radical (unpaired) electrons. The summed E-state index contributed by atoms with van der Waals surface area (Å²) >= 11 is 0. The van der Waals surface area contributed by atoms with Crippen molar-refractivity contribution in [1.29, 1.82) is 0 Å². The van der Waals surface area contributed by atoms with Gasteiger partial charge in [-0.2, -0.15) is 0 Å². The Morgan fingerprint density at radius 2 is 0.500 bits per heavy atom. The normalized spacial score (nSPS) is 17.3. The van der Waals surface area contributed by atoms with Crippen LogP contribution in [0.3, 0.4) is 0 Å². The quantitative estimate of drug-likeness (QED) is 0.0703. The monoisotopic (exact) mass is 1750 g/mol. The summed E-state index contributed by atoms with van der Waals surface area (Å²) in [5.74, 6) is 2.42. The third kappa shape index (κ3) is 20.6. The molecule has 5 aliphatic rings. The molecule has 0 heterocycles. The van der Waals surface area contributed by atoms with Crippen molar-refractivity contribution < 1.29 is 0 Å². The second-order valence-electron chi connectivity index (χ2n) is 49.8. The lowest BCUT2D eigenvalue weighted by molar-refractivity contribution is 0.272. The smallest absolute Gasteiger partial charge is 0.0620 e. The van der Waals surface area contributed by atoms with Gasteiger partial charge in [-0.1, -0.05) is 419 Å². The largest absolute Gasteiger partial charge is 0.310 e. The molecule has 0 aromatic heterocycles. The number of allylic oxidation sites excluding steroid dienone is 3. The molecule has 2 heteroatoms. The van der Waals surface area contributed by atoms with Crippen LogP contribution in [-0.2, 0) is 43.3 Å². The van der Waals surface area contributed by atoms with Gasteiger partial charge in [-0.05, 0) is 320 Å². The van der Waals surface area contributed by atoms with Gasteiger partial charge in [-0.25, -0.2) is 0 Å². The summed E-state index contributed by atoms with van der Waals surface area (Å²) in [5, 5.41) is 4.92. The second-order valence-corrected chi connectivity index (χ2v) is 49.8. The molecule has 17 rings (SSSR count). The van der Waals surface area contributed by atoms with E-state index in [4.69, 9.17) is 0 Å². The summed E-state index contributed by atoms with van der Waals surface area (Å²) in [5.41, 5.74) is 36.8. The van der Waals surface area contributed by atoms with Gasteiger partial charge in [-0.3, -0.25) is 0 Å². The van der Waals surface area contributed by atoms with E-state index in [9.17, 15) is 0 Å². The van der Waals surface area contributed by atoms with Crippen LogP contribution in [0, 0.1) is 17.8 Å². The van der Waals surface area contributed by atoms with Crippen LogP contribution in [0.1, 0.15) is 368 Å². The van der Waals surface area contributed by atoms with Crippen LogP contribution in [-0.4, -0.2) is 0 Å². The Labute approximate surface area is 798 Å². The fraction of sp³-hybridized carbons (Fsp3) is 0.446. The van der Waals surface area contributed by atoms with Crippen LogP contribution in [0.15, 0.2) is 248 Å². The van der Waals surface area contributed by atoms with Crippen molar-refractivity contribution in [3.05, 3.63) is 304 Å². The molecule has 4 fully saturated rings. The maximum Gasteiger partial charge on any atom is 0.0620 e. The lowest BCUT2D eigenvalue weighted by Gasteiger charge is -2.39. The minimum absolute atomic E-state index is 0.118. The minimum atomic E-state index is -0.121. The molecule has 5 aliphatic carbocycles. The summed E-state index contributed by atoms with van der Waals surface area (Å²) in [6.07, 6.45) is 32.2. The van der Waals surface area contributed by atoms with Crippen molar-refractivity contribution in [1.82, 2.24) is 0 Å². The predicted octanol–water partition coefficient (Wildman–Crippen LogP) is 39.1. The van der Waals surface area contributed by atoms with Gasteiger partial charge >= 0.3 is 0 Å². The van der Waals surface area contributed by atoms with Gasteiger partial charge in [-0.15, -0.1) is 0 Å². The van der Waals surface area contributed by atoms with E-state index < -0.39 is 0 Å². The standard InChI is InChI=1S/C130H158N2/c1-123(2,3)105-63-101(64-106(81-105)124(4,5)6)97-61-98(102-65-107(125(7,8)9)82-108(66-102)126(10,11)12)76-115(75-97)131(113-71-93(87-47-35-27-36-48-87)59-94(72-113)88-49-37-28-38-50-88)121-117-57-55-92(86-45-33-26-34-46-86)80-120(117)122(118-58-56-91(79-119(118)121)85-43-31-25-32-44-85)132(114-73-95(89-51-39-29-40-52-89)60-96(74-114)90-53-41-30-42-54-90)116-77-99(103-67-109(127(13,14)15)83-110(68-103)128(16,17)18)62-100(78-116)104-69-111(129(19,20)21)84-112(70-104)130(22,23)24/h25-26,31-34,43-46,55-59,61-84,87-90,95H,27-30,35-42,47-54,60H2,1-24H3. The van der Waals surface area contributed by atoms with E-state index in [0.717, 1.165) is 6.42 Å². The van der Waals surface area contributed by atoms with Crippen LogP contribution in [0.5, 0.6) is 0 Å². The molecule has 0 aliphatic heterocycles. The maximum atomic E-state index is 2.92. The number of benzene rings is 12. The number of anilines is 5. The van der Waals surface area contributed by atoms with Crippen molar-refractivity contribution in [2.75, 3.05) is 9.80 Å². The summed E-state index contributed by atoms with van der Waals surface area (Å²) in [6.45, 7) is 57.9. The molecule has 0 spiro atoms. The highest BCUT2D eigenvalue weighted by Gasteiger charge is 2.38. The summed E-state index contributed by atoms with van der Waals surface area (Å²) in [7, 11) is 0. The summed E-state index contributed by atoms with van der Waals surface area (Å²) in [6, 6.07) is 93.1. The van der Waals surface area contributed by atoms with E-state index in [2.05, 4.69) is 413 Å². The van der Waals surface area contributed by atoms with Crippen LogP contribution >= 0.6 is 0 Å². The van der Waals surface area contributed by atoms with Gasteiger partial charge in [0.15, 0.2) is 0 Å². The van der Waals surface area contributed by atoms with E-state index in [0.29, 0.717) is 29.6 Å². The van der Waals surface area contributed by atoms with Crippen molar-refractivity contribution in [2.24, 2.45) is 17.8 Å². The van der Waals surface area contributed by atoms with Crippen molar-refractivity contribution in [3.63, 3.8) is 0 Å². The molecule has 132 heavy (non-hydrogen) atoms. The summed E-state index contributed by atoms with van der Waals surface area (Å²) < 4.78 is 0. The molecular weight excluding hydrogens is 1590 g/mol. The Kier molecular flexibility index (Phi) is 26.2. The number of nitrogens with zero attached hydrogens (tertiary/aromatic N) is 2. The molecule has 4 saturated carbocycles. The lowest BCUT2D eigenvalue weighted by atomic mass is 9.71. The van der Waals surface area contributed by atoms with Crippen molar-refractivity contribution >= 4 is 50.0 Å². The number of fused-ring (bicyclic) bond motifs is 2.